The Kier molecular flexibility index (Phi) is 4.64. The second-order valence-electron chi connectivity index (χ2n) is 5.92. The van der Waals surface area contributed by atoms with Gasteiger partial charge in [-0.15, -0.1) is 0 Å². The van der Waals surface area contributed by atoms with Crippen molar-refractivity contribution < 1.29 is 18.8 Å². The molecule has 0 bridgehead atoms. The van der Waals surface area contributed by atoms with E-state index in [-0.39, 0.29) is 11.7 Å². The van der Waals surface area contributed by atoms with Crippen molar-refractivity contribution in [1.29, 1.82) is 0 Å². The molecule has 1 N–H and O–H groups in total. The second kappa shape index (κ2) is 6.86. The standard InChI is InChI=1S/C18H20N2O4/c1-3-16(18(22)19-17-9-11(2)24-20-17)23-13-7-8-14-12(10-13)5-4-6-15(14)21/h7-10,16H,3-6H2,1-2H3,(H,19,20,22)/t16-/m1/s1. The Labute approximate surface area is 140 Å². The monoisotopic (exact) mass is 328 g/mol. The second-order valence-corrected chi connectivity index (χ2v) is 5.92. The van der Waals surface area contributed by atoms with Gasteiger partial charge >= 0.3 is 0 Å². The number of ketones is 1. The number of aromatic nitrogens is 1. The number of aryl methyl sites for hydroxylation is 2. The smallest absolute Gasteiger partial charge is 0.266 e. The molecule has 126 valence electrons. The van der Waals surface area contributed by atoms with Gasteiger partial charge in [0.15, 0.2) is 17.7 Å². The van der Waals surface area contributed by atoms with E-state index in [4.69, 9.17) is 9.26 Å². The molecule has 0 saturated heterocycles. The van der Waals surface area contributed by atoms with Gasteiger partial charge in [-0.05, 0) is 49.9 Å². The van der Waals surface area contributed by atoms with Crippen molar-refractivity contribution in [2.75, 3.05) is 5.32 Å². The van der Waals surface area contributed by atoms with Crippen LogP contribution in [-0.2, 0) is 11.2 Å². The normalized spacial score (nSPS) is 14.8. The molecule has 1 atom stereocenters. The van der Waals surface area contributed by atoms with Crippen LogP contribution in [-0.4, -0.2) is 23.0 Å². The molecule has 0 aliphatic heterocycles. The summed E-state index contributed by atoms with van der Waals surface area (Å²) in [5, 5.41) is 6.43. The van der Waals surface area contributed by atoms with Crippen LogP contribution in [0.2, 0.25) is 0 Å². The molecule has 0 radical (unpaired) electrons. The lowest BCUT2D eigenvalue weighted by molar-refractivity contribution is -0.122. The van der Waals surface area contributed by atoms with Gasteiger partial charge in [0, 0.05) is 18.1 Å². The minimum atomic E-state index is -0.639. The molecule has 0 spiro atoms. The molecule has 3 rings (SSSR count). The molecule has 6 heteroatoms. The molecule has 1 aliphatic carbocycles. The van der Waals surface area contributed by atoms with Gasteiger partial charge < -0.3 is 14.6 Å². The van der Waals surface area contributed by atoms with Crippen molar-refractivity contribution in [2.45, 2.75) is 45.6 Å². The number of fused-ring (bicyclic) bond motifs is 1. The van der Waals surface area contributed by atoms with Crippen LogP contribution in [0, 0.1) is 6.92 Å². The summed E-state index contributed by atoms with van der Waals surface area (Å²) in [6.45, 7) is 3.63. The van der Waals surface area contributed by atoms with Crippen LogP contribution >= 0.6 is 0 Å². The molecule has 1 amide bonds. The topological polar surface area (TPSA) is 81.4 Å². The minimum absolute atomic E-state index is 0.175. The van der Waals surface area contributed by atoms with Crippen LogP contribution in [0.4, 0.5) is 5.82 Å². The fourth-order valence-corrected chi connectivity index (χ4v) is 2.81. The highest BCUT2D eigenvalue weighted by Crippen LogP contribution is 2.26. The maximum absolute atomic E-state index is 12.3. The Morgan fingerprint density at radius 1 is 1.38 bits per heavy atom. The van der Waals surface area contributed by atoms with Gasteiger partial charge in [-0.2, -0.15) is 0 Å². The SMILES string of the molecule is CC[C@@H](Oc1ccc2c(c1)CCCC2=O)C(=O)Nc1cc(C)on1. The Morgan fingerprint density at radius 3 is 2.92 bits per heavy atom. The average molecular weight is 328 g/mol. The molecule has 6 nitrogen and oxygen atoms in total. The van der Waals surface area contributed by atoms with Crippen LogP contribution in [0.15, 0.2) is 28.8 Å². The van der Waals surface area contributed by atoms with E-state index < -0.39 is 6.10 Å². The van der Waals surface area contributed by atoms with Gasteiger partial charge in [0.2, 0.25) is 0 Å². The lowest BCUT2D eigenvalue weighted by atomic mass is 9.90. The molecule has 1 aromatic carbocycles. The molecule has 24 heavy (non-hydrogen) atoms. The predicted molar refractivity (Wildman–Crippen MR) is 88.3 cm³/mol. The van der Waals surface area contributed by atoms with Crippen LogP contribution in [0.1, 0.15) is 47.9 Å². The van der Waals surface area contributed by atoms with E-state index >= 15 is 0 Å². The maximum atomic E-state index is 12.3. The molecular formula is C18H20N2O4. The lowest BCUT2D eigenvalue weighted by Gasteiger charge is -2.19. The van der Waals surface area contributed by atoms with Crippen molar-refractivity contribution in [1.82, 2.24) is 5.16 Å². The summed E-state index contributed by atoms with van der Waals surface area (Å²) in [5.74, 6) is 1.49. The fraction of sp³-hybridized carbons (Fsp3) is 0.389. The zero-order valence-corrected chi connectivity index (χ0v) is 13.8. The van der Waals surface area contributed by atoms with E-state index in [1.54, 1.807) is 25.1 Å². The van der Waals surface area contributed by atoms with Gasteiger partial charge in [0.25, 0.3) is 5.91 Å². The number of hydrogen-bond donors (Lipinski definition) is 1. The van der Waals surface area contributed by atoms with Crippen LogP contribution < -0.4 is 10.1 Å². The van der Waals surface area contributed by atoms with Crippen molar-refractivity contribution in [3.8, 4) is 5.75 Å². The predicted octanol–water partition coefficient (Wildman–Crippen LogP) is 3.30. The number of rotatable bonds is 5. The van der Waals surface area contributed by atoms with E-state index in [0.717, 1.165) is 24.0 Å². The third kappa shape index (κ3) is 3.48. The average Bonchev–Trinajstić information content (AvgIpc) is 2.97. The summed E-state index contributed by atoms with van der Waals surface area (Å²) >= 11 is 0. The van der Waals surface area contributed by atoms with Crippen molar-refractivity contribution >= 4 is 17.5 Å². The fourth-order valence-electron chi connectivity index (χ4n) is 2.81. The van der Waals surface area contributed by atoms with Crippen LogP contribution in [0.5, 0.6) is 5.75 Å². The molecule has 0 fully saturated rings. The van der Waals surface area contributed by atoms with E-state index in [2.05, 4.69) is 10.5 Å². The summed E-state index contributed by atoms with van der Waals surface area (Å²) < 4.78 is 10.8. The Morgan fingerprint density at radius 2 is 2.21 bits per heavy atom. The Hall–Kier alpha value is -2.63. The number of benzene rings is 1. The summed E-state index contributed by atoms with van der Waals surface area (Å²) in [4.78, 5) is 24.2. The lowest BCUT2D eigenvalue weighted by Crippen LogP contribution is -2.32. The molecule has 0 unspecified atom stereocenters. The van der Waals surface area contributed by atoms with E-state index in [9.17, 15) is 9.59 Å². The molecule has 1 heterocycles. The van der Waals surface area contributed by atoms with Gasteiger partial charge in [0.1, 0.15) is 11.5 Å². The number of Topliss-reactive ketones (excluding diaryl/α,β-unsaturated/α-hetero) is 1. The number of amides is 1. The summed E-state index contributed by atoms with van der Waals surface area (Å²) in [5.41, 5.74) is 1.76. The number of ether oxygens (including phenoxy) is 1. The van der Waals surface area contributed by atoms with Gasteiger partial charge in [-0.25, -0.2) is 0 Å². The molecule has 1 aliphatic rings. The van der Waals surface area contributed by atoms with E-state index in [0.29, 0.717) is 30.2 Å². The third-order valence-corrected chi connectivity index (χ3v) is 4.05. The highest BCUT2D eigenvalue weighted by molar-refractivity contribution is 5.98. The first-order valence-corrected chi connectivity index (χ1v) is 8.13. The van der Waals surface area contributed by atoms with Crippen molar-refractivity contribution in [3.63, 3.8) is 0 Å². The van der Waals surface area contributed by atoms with Gasteiger partial charge in [-0.3, -0.25) is 9.59 Å². The number of hydrogen-bond acceptors (Lipinski definition) is 5. The quantitative estimate of drug-likeness (QED) is 0.910. The summed E-state index contributed by atoms with van der Waals surface area (Å²) in [6, 6.07) is 7.05. The zero-order chi connectivity index (χ0) is 17.1. The first-order chi connectivity index (χ1) is 11.6. The molecule has 1 aromatic heterocycles. The first kappa shape index (κ1) is 16.2. The maximum Gasteiger partial charge on any atom is 0.266 e. The van der Waals surface area contributed by atoms with Crippen molar-refractivity contribution in [2.24, 2.45) is 0 Å². The summed E-state index contributed by atoms with van der Waals surface area (Å²) in [6.07, 6.45) is 2.19. The number of anilines is 1. The Balaban J connectivity index is 1.70. The largest absolute Gasteiger partial charge is 0.481 e. The van der Waals surface area contributed by atoms with E-state index in [1.807, 2.05) is 13.0 Å². The Bertz CT molecular complexity index is 766. The highest BCUT2D eigenvalue weighted by atomic mass is 16.5. The van der Waals surface area contributed by atoms with Crippen molar-refractivity contribution in [3.05, 3.63) is 41.2 Å². The number of nitrogens with zero attached hydrogens (tertiary/aromatic N) is 1. The summed E-state index contributed by atoms with van der Waals surface area (Å²) in [7, 11) is 0. The molecule has 2 aromatic rings. The van der Waals surface area contributed by atoms with Gasteiger partial charge in [-0.1, -0.05) is 12.1 Å². The zero-order valence-electron chi connectivity index (χ0n) is 13.8. The first-order valence-electron chi connectivity index (χ1n) is 8.13. The van der Waals surface area contributed by atoms with E-state index in [1.165, 1.54) is 0 Å². The van der Waals surface area contributed by atoms with Crippen LogP contribution in [0.3, 0.4) is 0 Å². The molecular weight excluding hydrogens is 308 g/mol. The number of carbonyl (C=O) groups is 2. The van der Waals surface area contributed by atoms with Gasteiger partial charge in [0.05, 0.1) is 0 Å². The minimum Gasteiger partial charge on any atom is -0.481 e. The number of nitrogens with one attached hydrogen (secondary N) is 1. The number of carbonyl (C=O) groups excluding carboxylic acids is 2. The molecule has 0 saturated carbocycles. The van der Waals surface area contributed by atoms with Crippen LogP contribution in [0.25, 0.3) is 0 Å². The third-order valence-electron chi connectivity index (χ3n) is 4.05. The highest BCUT2D eigenvalue weighted by Gasteiger charge is 2.22.